The SMILES string of the molecule is CCN(Cc1cc(Br)ccc1F)C(=O)c1cccc(OC)c1OC. The van der Waals surface area contributed by atoms with Crippen molar-refractivity contribution in [3.63, 3.8) is 0 Å². The monoisotopic (exact) mass is 395 g/mol. The van der Waals surface area contributed by atoms with Crippen LogP contribution in [0.25, 0.3) is 0 Å². The Labute approximate surface area is 149 Å². The highest BCUT2D eigenvalue weighted by molar-refractivity contribution is 9.10. The molecule has 4 nitrogen and oxygen atoms in total. The van der Waals surface area contributed by atoms with E-state index in [0.717, 1.165) is 4.47 Å². The van der Waals surface area contributed by atoms with Crippen LogP contribution in [0.4, 0.5) is 4.39 Å². The molecule has 0 aliphatic heterocycles. The van der Waals surface area contributed by atoms with Crippen LogP contribution in [0.2, 0.25) is 0 Å². The van der Waals surface area contributed by atoms with E-state index in [0.29, 0.717) is 29.2 Å². The predicted octanol–water partition coefficient (Wildman–Crippen LogP) is 4.27. The second kappa shape index (κ2) is 8.15. The van der Waals surface area contributed by atoms with E-state index in [-0.39, 0.29) is 18.3 Å². The molecule has 2 aromatic rings. The van der Waals surface area contributed by atoms with E-state index in [1.165, 1.54) is 20.3 Å². The Morgan fingerprint density at radius 1 is 1.21 bits per heavy atom. The number of halogens is 2. The third-order valence-electron chi connectivity index (χ3n) is 3.67. The molecule has 128 valence electrons. The van der Waals surface area contributed by atoms with Crippen LogP contribution in [0.15, 0.2) is 40.9 Å². The van der Waals surface area contributed by atoms with Gasteiger partial charge in [-0.1, -0.05) is 22.0 Å². The van der Waals surface area contributed by atoms with Gasteiger partial charge in [-0.3, -0.25) is 4.79 Å². The number of hydrogen-bond acceptors (Lipinski definition) is 3. The summed E-state index contributed by atoms with van der Waals surface area (Å²) < 4.78 is 25.3. The Kier molecular flexibility index (Phi) is 6.20. The third kappa shape index (κ3) is 3.87. The maximum Gasteiger partial charge on any atom is 0.258 e. The standard InChI is InChI=1S/C18H19BrFNO3/c1-4-21(11-12-10-13(19)8-9-15(12)20)18(22)14-6-5-7-16(23-2)17(14)24-3/h5-10H,4,11H2,1-3H3. The highest BCUT2D eigenvalue weighted by Gasteiger charge is 2.22. The second-order valence-electron chi connectivity index (χ2n) is 5.10. The molecule has 0 radical (unpaired) electrons. The van der Waals surface area contributed by atoms with Gasteiger partial charge in [-0.2, -0.15) is 0 Å². The van der Waals surface area contributed by atoms with Crippen LogP contribution in [-0.4, -0.2) is 31.6 Å². The molecule has 0 N–H and O–H groups in total. The van der Waals surface area contributed by atoms with Crippen molar-refractivity contribution < 1.29 is 18.7 Å². The van der Waals surface area contributed by atoms with Crippen LogP contribution in [0, 0.1) is 5.82 Å². The molecule has 0 heterocycles. The molecule has 0 fully saturated rings. The zero-order chi connectivity index (χ0) is 17.7. The van der Waals surface area contributed by atoms with E-state index < -0.39 is 0 Å². The van der Waals surface area contributed by atoms with Gasteiger partial charge >= 0.3 is 0 Å². The molecule has 0 saturated carbocycles. The lowest BCUT2D eigenvalue weighted by molar-refractivity contribution is 0.0747. The Morgan fingerprint density at radius 2 is 1.96 bits per heavy atom. The first kappa shape index (κ1) is 18.3. The van der Waals surface area contributed by atoms with E-state index in [2.05, 4.69) is 15.9 Å². The number of para-hydroxylation sites is 1. The molecule has 24 heavy (non-hydrogen) atoms. The normalized spacial score (nSPS) is 10.4. The van der Waals surface area contributed by atoms with Crippen LogP contribution in [0.1, 0.15) is 22.8 Å². The minimum atomic E-state index is -0.345. The second-order valence-corrected chi connectivity index (χ2v) is 6.01. The molecule has 6 heteroatoms. The zero-order valence-electron chi connectivity index (χ0n) is 13.8. The number of rotatable bonds is 6. The molecule has 0 bridgehead atoms. The van der Waals surface area contributed by atoms with Crippen molar-refractivity contribution in [1.29, 1.82) is 0 Å². The maximum absolute atomic E-state index is 14.0. The van der Waals surface area contributed by atoms with Gasteiger partial charge in [-0.25, -0.2) is 4.39 Å². The van der Waals surface area contributed by atoms with Gasteiger partial charge in [0, 0.05) is 23.1 Å². The van der Waals surface area contributed by atoms with Crippen molar-refractivity contribution in [3.8, 4) is 11.5 Å². The lowest BCUT2D eigenvalue weighted by atomic mass is 10.1. The van der Waals surface area contributed by atoms with E-state index in [4.69, 9.17) is 9.47 Å². The highest BCUT2D eigenvalue weighted by atomic mass is 79.9. The Hall–Kier alpha value is -2.08. The van der Waals surface area contributed by atoms with E-state index in [1.54, 1.807) is 35.2 Å². The van der Waals surface area contributed by atoms with Gasteiger partial charge in [0.05, 0.1) is 19.8 Å². The Balaban J connectivity index is 2.34. The first-order valence-electron chi connectivity index (χ1n) is 7.46. The number of hydrogen-bond donors (Lipinski definition) is 0. The van der Waals surface area contributed by atoms with Gasteiger partial charge < -0.3 is 14.4 Å². The van der Waals surface area contributed by atoms with Gasteiger partial charge in [0.25, 0.3) is 5.91 Å². The summed E-state index contributed by atoms with van der Waals surface area (Å²) in [7, 11) is 3.00. The van der Waals surface area contributed by atoms with Gasteiger partial charge in [-0.15, -0.1) is 0 Å². The van der Waals surface area contributed by atoms with Gasteiger partial charge in [-0.05, 0) is 37.3 Å². The number of benzene rings is 2. The molecule has 2 aromatic carbocycles. The zero-order valence-corrected chi connectivity index (χ0v) is 15.4. The summed E-state index contributed by atoms with van der Waals surface area (Å²) in [5.41, 5.74) is 0.829. The summed E-state index contributed by atoms with van der Waals surface area (Å²) in [6.07, 6.45) is 0. The van der Waals surface area contributed by atoms with Crippen molar-refractivity contribution in [1.82, 2.24) is 4.90 Å². The summed E-state index contributed by atoms with van der Waals surface area (Å²) in [6.45, 7) is 2.45. The van der Waals surface area contributed by atoms with Crippen molar-refractivity contribution in [2.75, 3.05) is 20.8 Å². The Morgan fingerprint density at radius 3 is 2.58 bits per heavy atom. The summed E-state index contributed by atoms with van der Waals surface area (Å²) in [5, 5.41) is 0. The van der Waals surface area contributed by atoms with E-state index in [1.807, 2.05) is 6.92 Å². The fourth-order valence-corrected chi connectivity index (χ4v) is 2.83. The molecule has 0 aliphatic rings. The van der Waals surface area contributed by atoms with Crippen molar-refractivity contribution in [2.24, 2.45) is 0 Å². The van der Waals surface area contributed by atoms with Crippen molar-refractivity contribution in [3.05, 3.63) is 57.8 Å². The van der Waals surface area contributed by atoms with Crippen molar-refractivity contribution >= 4 is 21.8 Å². The number of nitrogens with zero attached hydrogens (tertiary/aromatic N) is 1. The topological polar surface area (TPSA) is 38.8 Å². The lowest BCUT2D eigenvalue weighted by Gasteiger charge is -2.23. The third-order valence-corrected chi connectivity index (χ3v) is 4.16. The summed E-state index contributed by atoms with van der Waals surface area (Å²) in [4.78, 5) is 14.4. The van der Waals surface area contributed by atoms with Crippen LogP contribution in [0.5, 0.6) is 11.5 Å². The molecule has 0 spiro atoms. The lowest BCUT2D eigenvalue weighted by Crippen LogP contribution is -2.31. The molecule has 1 amide bonds. The van der Waals surface area contributed by atoms with Gasteiger partial charge in [0.2, 0.25) is 0 Å². The summed E-state index contributed by atoms with van der Waals surface area (Å²) in [5.74, 6) is 0.265. The summed E-state index contributed by atoms with van der Waals surface area (Å²) >= 11 is 3.33. The first-order chi connectivity index (χ1) is 11.5. The molecule has 0 atom stereocenters. The first-order valence-corrected chi connectivity index (χ1v) is 8.25. The average Bonchev–Trinajstić information content (AvgIpc) is 2.60. The Bertz CT molecular complexity index is 736. The largest absolute Gasteiger partial charge is 0.493 e. The number of ether oxygens (including phenoxy) is 2. The number of methoxy groups -OCH3 is 2. The van der Waals surface area contributed by atoms with Crippen molar-refractivity contribution in [2.45, 2.75) is 13.5 Å². The number of amides is 1. The highest BCUT2D eigenvalue weighted by Crippen LogP contribution is 2.32. The quantitative estimate of drug-likeness (QED) is 0.732. The van der Waals surface area contributed by atoms with Crippen LogP contribution in [-0.2, 0) is 6.54 Å². The number of carbonyl (C=O) groups excluding carboxylic acids is 1. The van der Waals surface area contributed by atoms with Crippen LogP contribution < -0.4 is 9.47 Å². The molecule has 0 aliphatic carbocycles. The molecular formula is C18H19BrFNO3. The van der Waals surface area contributed by atoms with Gasteiger partial charge in [0.15, 0.2) is 11.5 Å². The fraction of sp³-hybridized carbons (Fsp3) is 0.278. The van der Waals surface area contributed by atoms with Crippen LogP contribution >= 0.6 is 15.9 Å². The maximum atomic E-state index is 14.0. The minimum absolute atomic E-state index is 0.168. The van der Waals surface area contributed by atoms with E-state index in [9.17, 15) is 9.18 Å². The van der Waals surface area contributed by atoms with E-state index >= 15 is 0 Å². The molecule has 2 rings (SSSR count). The smallest absolute Gasteiger partial charge is 0.258 e. The average molecular weight is 396 g/mol. The molecule has 0 saturated heterocycles. The molecular weight excluding hydrogens is 377 g/mol. The predicted molar refractivity (Wildman–Crippen MR) is 94.1 cm³/mol. The number of carbonyl (C=O) groups is 1. The summed E-state index contributed by atoms with van der Waals surface area (Å²) in [6, 6.07) is 9.80. The van der Waals surface area contributed by atoms with Gasteiger partial charge in [0.1, 0.15) is 5.82 Å². The minimum Gasteiger partial charge on any atom is -0.493 e. The fourth-order valence-electron chi connectivity index (χ4n) is 2.42. The molecule has 0 unspecified atom stereocenters. The van der Waals surface area contributed by atoms with Crippen LogP contribution in [0.3, 0.4) is 0 Å². The molecule has 0 aromatic heterocycles.